The van der Waals surface area contributed by atoms with Crippen molar-refractivity contribution in [2.24, 2.45) is 0 Å². The van der Waals surface area contributed by atoms with E-state index < -0.39 is 10.0 Å². The largest absolute Gasteiger partial charge is 0.391 e. The molecule has 1 atom stereocenters. The second kappa shape index (κ2) is 5.88. The van der Waals surface area contributed by atoms with E-state index in [4.69, 9.17) is 5.11 Å². The minimum atomic E-state index is -3.41. The van der Waals surface area contributed by atoms with Crippen LogP contribution in [0.2, 0.25) is 0 Å². The normalized spacial score (nSPS) is 22.0. The van der Waals surface area contributed by atoms with E-state index in [1.807, 2.05) is 14.1 Å². The lowest BCUT2D eigenvalue weighted by atomic mass is 10.1. The zero-order chi connectivity index (χ0) is 14.0. The van der Waals surface area contributed by atoms with E-state index in [1.54, 1.807) is 15.8 Å². The van der Waals surface area contributed by atoms with Crippen LogP contribution < -0.4 is 0 Å². The number of nitrogens with zero attached hydrogens (tertiary/aromatic N) is 2. The first-order chi connectivity index (χ1) is 8.95. The van der Waals surface area contributed by atoms with Gasteiger partial charge in [-0.15, -0.1) is 11.3 Å². The van der Waals surface area contributed by atoms with E-state index in [9.17, 15) is 8.42 Å². The molecule has 5 nitrogen and oxygen atoms in total. The van der Waals surface area contributed by atoms with Crippen LogP contribution in [0.25, 0.3) is 0 Å². The minimum absolute atomic E-state index is 0.111. The standard InChI is InChI=1S/C12H20N2O3S2/c1-13(2)10-4-3-5-14(7-10)19(16,17)12-6-11(8-15)18-9-12/h6,9-10,15H,3-5,7-8H2,1-2H3. The first kappa shape index (κ1) is 14.9. The Balaban J connectivity index is 2.19. The lowest BCUT2D eigenvalue weighted by molar-refractivity contribution is 0.190. The molecule has 0 aromatic carbocycles. The number of rotatable bonds is 4. The molecule has 0 radical (unpaired) electrons. The number of likely N-dealkylation sites (N-methyl/N-ethyl adjacent to an activating group) is 1. The number of thiophene rings is 1. The van der Waals surface area contributed by atoms with Crippen molar-refractivity contribution in [3.05, 3.63) is 16.3 Å². The van der Waals surface area contributed by atoms with E-state index in [0.29, 0.717) is 22.9 Å². The molecule has 1 aliphatic rings. The molecule has 1 unspecified atom stereocenters. The summed E-state index contributed by atoms with van der Waals surface area (Å²) in [4.78, 5) is 3.06. The van der Waals surface area contributed by atoms with Crippen molar-refractivity contribution in [3.8, 4) is 0 Å². The van der Waals surface area contributed by atoms with Gasteiger partial charge in [0.2, 0.25) is 10.0 Å². The van der Waals surface area contributed by atoms with Gasteiger partial charge in [-0.1, -0.05) is 0 Å². The SMILES string of the molecule is CN(C)C1CCCN(S(=O)(=O)c2csc(CO)c2)C1. The molecule has 7 heteroatoms. The Morgan fingerprint density at radius 1 is 1.53 bits per heavy atom. The van der Waals surface area contributed by atoms with E-state index in [2.05, 4.69) is 4.90 Å². The molecule has 0 bridgehead atoms. The van der Waals surface area contributed by atoms with Crippen LogP contribution in [-0.4, -0.2) is 56.0 Å². The van der Waals surface area contributed by atoms with Crippen molar-refractivity contribution in [1.29, 1.82) is 0 Å². The second-order valence-electron chi connectivity index (χ2n) is 5.03. The van der Waals surface area contributed by atoms with Crippen molar-refractivity contribution in [2.75, 3.05) is 27.2 Å². The van der Waals surface area contributed by atoms with E-state index in [-0.39, 0.29) is 12.6 Å². The summed E-state index contributed by atoms with van der Waals surface area (Å²) >= 11 is 1.28. The number of aliphatic hydroxyl groups excluding tert-OH is 1. The Hall–Kier alpha value is -0.470. The molecule has 1 aromatic heterocycles. The lowest BCUT2D eigenvalue weighted by Gasteiger charge is -2.35. The van der Waals surface area contributed by atoms with Gasteiger partial charge in [0.05, 0.1) is 11.5 Å². The highest BCUT2D eigenvalue weighted by Gasteiger charge is 2.31. The first-order valence-electron chi connectivity index (χ1n) is 6.30. The van der Waals surface area contributed by atoms with Gasteiger partial charge in [-0.2, -0.15) is 4.31 Å². The molecule has 1 N–H and O–H groups in total. The molecule has 1 aromatic rings. The van der Waals surface area contributed by atoms with Crippen LogP contribution in [0.4, 0.5) is 0 Å². The molecule has 1 aliphatic heterocycles. The third-order valence-electron chi connectivity index (χ3n) is 3.51. The Morgan fingerprint density at radius 2 is 2.26 bits per heavy atom. The second-order valence-corrected chi connectivity index (χ2v) is 7.96. The van der Waals surface area contributed by atoms with Crippen molar-refractivity contribution < 1.29 is 13.5 Å². The van der Waals surface area contributed by atoms with E-state index in [0.717, 1.165) is 12.8 Å². The maximum Gasteiger partial charge on any atom is 0.243 e. The van der Waals surface area contributed by atoms with Gasteiger partial charge in [0, 0.05) is 29.4 Å². The Kier molecular flexibility index (Phi) is 4.62. The predicted octanol–water partition coefficient (Wildman–Crippen LogP) is 0.955. The summed E-state index contributed by atoms with van der Waals surface area (Å²) in [6.45, 7) is 1.01. The Labute approximate surface area is 118 Å². The molecule has 1 fully saturated rings. The van der Waals surface area contributed by atoms with Gasteiger partial charge >= 0.3 is 0 Å². The average molecular weight is 304 g/mol. The fourth-order valence-corrected chi connectivity index (χ4v) is 4.93. The molecule has 1 saturated heterocycles. The molecule has 2 rings (SSSR count). The maximum atomic E-state index is 12.5. The molecule has 0 aliphatic carbocycles. The summed E-state index contributed by atoms with van der Waals surface area (Å²) in [6.07, 6.45) is 1.92. The van der Waals surface area contributed by atoms with Crippen molar-refractivity contribution in [3.63, 3.8) is 0 Å². The topological polar surface area (TPSA) is 60.9 Å². The highest BCUT2D eigenvalue weighted by Crippen LogP contribution is 2.26. The summed E-state index contributed by atoms with van der Waals surface area (Å²) in [5.74, 6) is 0. The van der Waals surface area contributed by atoms with Gasteiger partial charge in [0.1, 0.15) is 0 Å². The lowest BCUT2D eigenvalue weighted by Crippen LogP contribution is -2.47. The van der Waals surface area contributed by atoms with Crippen LogP contribution in [0, 0.1) is 0 Å². The summed E-state index contributed by atoms with van der Waals surface area (Å²) in [7, 11) is 0.551. The maximum absolute atomic E-state index is 12.5. The summed E-state index contributed by atoms with van der Waals surface area (Å²) in [6, 6.07) is 1.85. The van der Waals surface area contributed by atoms with Crippen LogP contribution in [0.15, 0.2) is 16.3 Å². The number of hydrogen-bond acceptors (Lipinski definition) is 5. The third-order valence-corrected chi connectivity index (χ3v) is 6.43. The van der Waals surface area contributed by atoms with Crippen LogP contribution in [-0.2, 0) is 16.6 Å². The smallest absolute Gasteiger partial charge is 0.243 e. The fraction of sp³-hybridized carbons (Fsp3) is 0.667. The predicted molar refractivity (Wildman–Crippen MR) is 75.7 cm³/mol. The van der Waals surface area contributed by atoms with E-state index >= 15 is 0 Å². The zero-order valence-corrected chi connectivity index (χ0v) is 12.9. The highest BCUT2D eigenvalue weighted by molar-refractivity contribution is 7.89. The van der Waals surface area contributed by atoms with Crippen LogP contribution in [0.1, 0.15) is 17.7 Å². The van der Waals surface area contributed by atoms with Crippen LogP contribution in [0.5, 0.6) is 0 Å². The quantitative estimate of drug-likeness (QED) is 0.900. The molecular formula is C12H20N2O3S2. The van der Waals surface area contributed by atoms with Gasteiger partial charge in [0.25, 0.3) is 0 Å². The summed E-state index contributed by atoms with van der Waals surface area (Å²) < 4.78 is 26.6. The fourth-order valence-electron chi connectivity index (χ4n) is 2.29. The molecule has 0 amide bonds. The van der Waals surface area contributed by atoms with Gasteiger partial charge in [-0.05, 0) is 33.0 Å². The highest BCUT2D eigenvalue weighted by atomic mass is 32.2. The monoisotopic (exact) mass is 304 g/mol. The summed E-state index contributed by atoms with van der Waals surface area (Å²) in [5.41, 5.74) is 0. The molecule has 19 heavy (non-hydrogen) atoms. The summed E-state index contributed by atoms with van der Waals surface area (Å²) in [5, 5.41) is 10.6. The number of piperidine rings is 1. The number of hydrogen-bond donors (Lipinski definition) is 1. The van der Waals surface area contributed by atoms with Crippen molar-refractivity contribution >= 4 is 21.4 Å². The van der Waals surface area contributed by atoms with E-state index in [1.165, 1.54) is 11.3 Å². The van der Waals surface area contributed by atoms with Gasteiger partial charge in [-0.25, -0.2) is 8.42 Å². The van der Waals surface area contributed by atoms with Crippen molar-refractivity contribution in [1.82, 2.24) is 9.21 Å². The van der Waals surface area contributed by atoms with Gasteiger partial charge in [0.15, 0.2) is 0 Å². The molecule has 108 valence electrons. The minimum Gasteiger partial charge on any atom is -0.391 e. The first-order valence-corrected chi connectivity index (χ1v) is 8.62. The molecule has 2 heterocycles. The number of sulfonamides is 1. The molecule has 0 saturated carbocycles. The Bertz CT molecular complexity index is 525. The average Bonchev–Trinajstić information content (AvgIpc) is 2.88. The van der Waals surface area contributed by atoms with Gasteiger partial charge in [-0.3, -0.25) is 0 Å². The van der Waals surface area contributed by atoms with Crippen LogP contribution >= 0.6 is 11.3 Å². The number of aliphatic hydroxyl groups is 1. The van der Waals surface area contributed by atoms with Crippen LogP contribution in [0.3, 0.4) is 0 Å². The molecular weight excluding hydrogens is 284 g/mol. The Morgan fingerprint density at radius 3 is 2.84 bits per heavy atom. The third kappa shape index (κ3) is 3.17. The zero-order valence-electron chi connectivity index (χ0n) is 11.2. The van der Waals surface area contributed by atoms with Gasteiger partial charge < -0.3 is 10.0 Å². The van der Waals surface area contributed by atoms with Crippen molar-refractivity contribution in [2.45, 2.75) is 30.4 Å². The molecule has 0 spiro atoms.